The number of aliphatic carboxylic acids is 1. The first-order valence-corrected chi connectivity index (χ1v) is 2.07. The fourth-order valence-corrected chi connectivity index (χ4v) is 0.144. The van der Waals surface area contributed by atoms with Gasteiger partial charge in [-0.05, 0) is 12.0 Å². The number of carboxylic acid groups (broad SMARTS) is 1. The predicted octanol–water partition coefficient (Wildman–Crippen LogP) is -3.29. The molecule has 0 rings (SSSR count). The minimum Gasteiger partial charge on any atom is -0.545 e. The Morgan fingerprint density at radius 2 is 2.12 bits per heavy atom. The van der Waals surface area contributed by atoms with Crippen LogP contribution in [0.1, 0.15) is 13.3 Å². The maximum Gasteiger partial charge on any atom is 1.00 e. The molecule has 0 aromatic heterocycles. The maximum atomic E-state index is 9.72. The first kappa shape index (κ1) is 11.6. The van der Waals surface area contributed by atoms with Crippen LogP contribution < -0.4 is 56.5 Å². The number of carbonyl (C=O) groups is 1. The van der Waals surface area contributed by atoms with Gasteiger partial charge in [0.25, 0.3) is 0 Å². The van der Waals surface area contributed by atoms with E-state index in [2.05, 4.69) is 6.58 Å². The fraction of sp³-hybridized carbons (Fsp3) is 0.400. The average Bonchev–Trinajstić information content (AvgIpc) is 1.65. The van der Waals surface area contributed by atoms with Crippen molar-refractivity contribution in [3.05, 3.63) is 12.2 Å². The van der Waals surface area contributed by atoms with Crippen molar-refractivity contribution in [1.29, 1.82) is 0 Å². The van der Waals surface area contributed by atoms with E-state index in [1.807, 2.05) is 0 Å². The van der Waals surface area contributed by atoms with Crippen molar-refractivity contribution in [3.8, 4) is 0 Å². The summed E-state index contributed by atoms with van der Waals surface area (Å²) in [4.78, 5) is 9.72. The predicted molar refractivity (Wildman–Crippen MR) is 24.4 cm³/mol. The monoisotopic (exact) mass is 138 g/mol. The molecule has 0 unspecified atom stereocenters. The van der Waals surface area contributed by atoms with Crippen LogP contribution in [-0.2, 0) is 4.79 Å². The SMILES string of the molecule is C=C(CC)C(=O)[O-].[K+]. The molecule has 40 valence electrons. The van der Waals surface area contributed by atoms with Crippen LogP contribution in [0.15, 0.2) is 12.2 Å². The summed E-state index contributed by atoms with van der Waals surface area (Å²) in [5, 5.41) is 9.72. The molecule has 0 N–H and O–H groups in total. The fourth-order valence-electron chi connectivity index (χ4n) is 0.144. The zero-order valence-corrected chi connectivity index (χ0v) is 8.35. The van der Waals surface area contributed by atoms with Gasteiger partial charge < -0.3 is 9.90 Å². The van der Waals surface area contributed by atoms with Crippen LogP contribution in [0.3, 0.4) is 0 Å². The molecular formula is C5H7KO2. The number of carboxylic acids is 1. The topological polar surface area (TPSA) is 40.1 Å². The summed E-state index contributed by atoms with van der Waals surface area (Å²) in [5.41, 5.74) is 0.153. The number of hydrogen-bond acceptors (Lipinski definition) is 2. The summed E-state index contributed by atoms with van der Waals surface area (Å²) in [6, 6.07) is 0. The van der Waals surface area contributed by atoms with Crippen molar-refractivity contribution in [2.45, 2.75) is 13.3 Å². The summed E-state index contributed by atoms with van der Waals surface area (Å²) in [7, 11) is 0. The molecule has 0 saturated heterocycles. The van der Waals surface area contributed by atoms with Gasteiger partial charge in [0.2, 0.25) is 0 Å². The van der Waals surface area contributed by atoms with Crippen LogP contribution in [0.25, 0.3) is 0 Å². The molecule has 0 aromatic rings. The average molecular weight is 138 g/mol. The molecule has 0 saturated carbocycles. The van der Waals surface area contributed by atoms with E-state index in [-0.39, 0.29) is 57.0 Å². The molecule has 8 heavy (non-hydrogen) atoms. The Kier molecular flexibility index (Phi) is 8.68. The summed E-state index contributed by atoms with van der Waals surface area (Å²) >= 11 is 0. The second-order valence-electron chi connectivity index (χ2n) is 1.24. The zero-order valence-electron chi connectivity index (χ0n) is 5.23. The summed E-state index contributed by atoms with van der Waals surface area (Å²) in [6.07, 6.45) is 0.461. The molecule has 0 atom stereocenters. The van der Waals surface area contributed by atoms with E-state index in [9.17, 15) is 9.90 Å². The molecule has 0 aromatic carbocycles. The first-order valence-electron chi connectivity index (χ1n) is 2.07. The molecule has 0 heterocycles. The van der Waals surface area contributed by atoms with Gasteiger partial charge >= 0.3 is 51.4 Å². The van der Waals surface area contributed by atoms with Gasteiger partial charge in [-0.15, -0.1) is 0 Å². The third-order valence-electron chi connectivity index (χ3n) is 0.715. The number of rotatable bonds is 2. The third kappa shape index (κ3) is 4.99. The van der Waals surface area contributed by atoms with Crippen LogP contribution in [0.5, 0.6) is 0 Å². The summed E-state index contributed by atoms with van der Waals surface area (Å²) < 4.78 is 0. The van der Waals surface area contributed by atoms with E-state index in [1.54, 1.807) is 6.92 Å². The Morgan fingerprint density at radius 3 is 2.12 bits per heavy atom. The van der Waals surface area contributed by atoms with Crippen molar-refractivity contribution in [2.24, 2.45) is 0 Å². The first-order chi connectivity index (χ1) is 3.18. The van der Waals surface area contributed by atoms with Crippen LogP contribution in [-0.4, -0.2) is 5.97 Å². The van der Waals surface area contributed by atoms with Gasteiger partial charge in [-0.1, -0.05) is 13.5 Å². The molecule has 0 bridgehead atoms. The molecule has 0 spiro atoms. The van der Waals surface area contributed by atoms with Crippen LogP contribution in [0.4, 0.5) is 0 Å². The molecule has 0 aliphatic rings. The Balaban J connectivity index is 0. The van der Waals surface area contributed by atoms with Crippen molar-refractivity contribution in [2.75, 3.05) is 0 Å². The minimum absolute atomic E-state index is 0. The van der Waals surface area contributed by atoms with Crippen molar-refractivity contribution in [3.63, 3.8) is 0 Å². The summed E-state index contributed by atoms with van der Waals surface area (Å²) in [5.74, 6) is -1.15. The normalized spacial score (nSPS) is 7.12. The minimum atomic E-state index is -1.15. The molecule has 0 aliphatic carbocycles. The van der Waals surface area contributed by atoms with E-state index >= 15 is 0 Å². The second kappa shape index (κ2) is 5.97. The van der Waals surface area contributed by atoms with Gasteiger partial charge in [0.15, 0.2) is 0 Å². The van der Waals surface area contributed by atoms with Crippen molar-refractivity contribution >= 4 is 5.97 Å². The number of carbonyl (C=O) groups excluding carboxylic acids is 1. The molecule has 3 heteroatoms. The Bertz CT molecular complexity index is 98.6. The molecule has 0 amide bonds. The molecule has 0 aliphatic heterocycles. The smallest absolute Gasteiger partial charge is 0.545 e. The van der Waals surface area contributed by atoms with E-state index < -0.39 is 5.97 Å². The van der Waals surface area contributed by atoms with Crippen LogP contribution >= 0.6 is 0 Å². The van der Waals surface area contributed by atoms with Gasteiger partial charge in [-0.25, -0.2) is 0 Å². The van der Waals surface area contributed by atoms with Gasteiger partial charge in [-0.2, -0.15) is 0 Å². The Labute approximate surface area is 91.4 Å². The summed E-state index contributed by atoms with van der Waals surface area (Å²) in [6.45, 7) is 4.93. The molecular weight excluding hydrogens is 131 g/mol. The maximum absolute atomic E-state index is 9.72. The van der Waals surface area contributed by atoms with Crippen molar-refractivity contribution in [1.82, 2.24) is 0 Å². The second-order valence-corrected chi connectivity index (χ2v) is 1.24. The van der Waals surface area contributed by atoms with Crippen LogP contribution in [0, 0.1) is 0 Å². The standard InChI is InChI=1S/C5H8O2.K/c1-3-4(2)5(6)7;/h2-3H2,1H3,(H,6,7);/q;+1/p-1. The Morgan fingerprint density at radius 1 is 1.75 bits per heavy atom. The molecule has 0 radical (unpaired) electrons. The molecule has 2 nitrogen and oxygen atoms in total. The molecule has 0 fully saturated rings. The number of hydrogen-bond donors (Lipinski definition) is 0. The van der Waals surface area contributed by atoms with Gasteiger partial charge in [0.05, 0.1) is 5.97 Å². The van der Waals surface area contributed by atoms with E-state index in [1.165, 1.54) is 0 Å². The van der Waals surface area contributed by atoms with E-state index in [4.69, 9.17) is 0 Å². The third-order valence-corrected chi connectivity index (χ3v) is 0.715. The largest absolute Gasteiger partial charge is 1.00 e. The van der Waals surface area contributed by atoms with E-state index in [0.717, 1.165) is 0 Å². The van der Waals surface area contributed by atoms with Gasteiger partial charge in [-0.3, -0.25) is 0 Å². The van der Waals surface area contributed by atoms with Crippen LogP contribution in [0.2, 0.25) is 0 Å². The van der Waals surface area contributed by atoms with Gasteiger partial charge in [0, 0.05) is 0 Å². The zero-order chi connectivity index (χ0) is 5.86. The van der Waals surface area contributed by atoms with Crippen molar-refractivity contribution < 1.29 is 61.3 Å². The quantitative estimate of drug-likeness (QED) is 0.296. The Hall–Kier alpha value is 0.846. The van der Waals surface area contributed by atoms with E-state index in [0.29, 0.717) is 6.42 Å². The van der Waals surface area contributed by atoms with Gasteiger partial charge in [0.1, 0.15) is 0 Å².